The number of hydrogen-bond acceptors (Lipinski definition) is 10. The molecule has 58 heavy (non-hydrogen) atoms. The third kappa shape index (κ3) is 7.99. The van der Waals surface area contributed by atoms with Crippen LogP contribution in [-0.4, -0.2) is 89.4 Å². The van der Waals surface area contributed by atoms with E-state index in [9.17, 15) is 0 Å². The van der Waals surface area contributed by atoms with Crippen molar-refractivity contribution < 1.29 is 8.78 Å². The van der Waals surface area contributed by atoms with Crippen molar-refractivity contribution in [3.05, 3.63) is 120 Å². The lowest BCUT2D eigenvalue weighted by Crippen LogP contribution is -2.53. The Morgan fingerprint density at radius 1 is 0.862 bits per heavy atom. The van der Waals surface area contributed by atoms with Crippen LogP contribution in [0.3, 0.4) is 0 Å². The first-order chi connectivity index (χ1) is 28.3. The molecule has 5 aromatic rings. The van der Waals surface area contributed by atoms with Crippen LogP contribution in [0.15, 0.2) is 91.4 Å². The molecule has 10 nitrogen and oxygen atoms in total. The summed E-state index contributed by atoms with van der Waals surface area (Å²) in [5, 5.41) is 10.9. The quantitative estimate of drug-likeness (QED) is 0.0974. The minimum atomic E-state index is -0.259. The van der Waals surface area contributed by atoms with Crippen LogP contribution in [0, 0.1) is 11.6 Å². The van der Waals surface area contributed by atoms with Gasteiger partial charge >= 0.3 is 0 Å². The van der Waals surface area contributed by atoms with Crippen molar-refractivity contribution in [2.45, 2.75) is 50.5 Å². The van der Waals surface area contributed by atoms with Crippen LogP contribution in [0.25, 0.3) is 11.0 Å². The van der Waals surface area contributed by atoms with Crippen molar-refractivity contribution in [1.29, 1.82) is 0 Å². The Hall–Kier alpha value is -5.11. The summed E-state index contributed by atoms with van der Waals surface area (Å²) in [6, 6.07) is 19.9. The van der Waals surface area contributed by atoms with Crippen LogP contribution in [0.4, 0.5) is 43.3 Å². The molecule has 0 aliphatic carbocycles. The fourth-order valence-corrected chi connectivity index (χ4v) is 9.90. The van der Waals surface area contributed by atoms with Gasteiger partial charge in [0.25, 0.3) is 0 Å². The van der Waals surface area contributed by atoms with Crippen LogP contribution >= 0.6 is 11.9 Å². The SMILES string of the molecule is C=C1CCC(c2ccc(CCN3CCN(C4CCN(c5ccc(Nc6nc(Nc7cccc8c7N(SC)CC8)c7cc[nH]c7n6)cc5F)CC4)CC3)cc2F)C(=C)N1. The minimum Gasteiger partial charge on any atom is -0.369 e. The molecule has 2 aromatic heterocycles. The van der Waals surface area contributed by atoms with Gasteiger partial charge in [-0.15, -0.1) is 0 Å². The lowest BCUT2D eigenvalue weighted by Gasteiger charge is -2.43. The zero-order valence-electron chi connectivity index (χ0n) is 33.2. The van der Waals surface area contributed by atoms with Crippen LogP contribution in [0.2, 0.25) is 0 Å². The van der Waals surface area contributed by atoms with Crippen LogP contribution in [0.5, 0.6) is 0 Å². The molecule has 0 amide bonds. The highest BCUT2D eigenvalue weighted by Crippen LogP contribution is 2.41. The largest absolute Gasteiger partial charge is 0.369 e. The van der Waals surface area contributed by atoms with E-state index in [0.29, 0.717) is 34.8 Å². The predicted molar refractivity (Wildman–Crippen MR) is 235 cm³/mol. The van der Waals surface area contributed by atoms with Crippen molar-refractivity contribution >= 4 is 57.5 Å². The van der Waals surface area contributed by atoms with E-state index in [-0.39, 0.29) is 17.6 Å². The number of aromatic amines is 1. The molecule has 3 fully saturated rings. The Balaban J connectivity index is 0.764. The highest BCUT2D eigenvalue weighted by atomic mass is 32.2. The molecule has 13 heteroatoms. The number of piperazine rings is 1. The lowest BCUT2D eigenvalue weighted by atomic mass is 9.87. The van der Waals surface area contributed by atoms with Gasteiger partial charge in [0, 0.05) is 93.9 Å². The van der Waals surface area contributed by atoms with E-state index < -0.39 is 0 Å². The Morgan fingerprint density at radius 3 is 2.48 bits per heavy atom. The second-order valence-corrected chi connectivity index (χ2v) is 16.8. The van der Waals surface area contributed by atoms with Gasteiger partial charge in [0.15, 0.2) is 0 Å². The molecule has 1 atom stereocenters. The molecule has 9 rings (SSSR count). The fourth-order valence-electron chi connectivity index (χ4n) is 9.23. The Bertz CT molecular complexity index is 2310. The third-order valence-electron chi connectivity index (χ3n) is 12.4. The Morgan fingerprint density at radius 2 is 1.71 bits per heavy atom. The summed E-state index contributed by atoms with van der Waals surface area (Å²) in [7, 11) is 0. The van der Waals surface area contributed by atoms with E-state index >= 15 is 8.78 Å². The number of allylic oxidation sites excluding steroid dienone is 2. The van der Waals surface area contributed by atoms with Crippen molar-refractivity contribution in [1.82, 2.24) is 30.1 Å². The number of H-pyrrole nitrogens is 1. The maximum Gasteiger partial charge on any atom is 0.231 e. The summed E-state index contributed by atoms with van der Waals surface area (Å²) in [5.41, 5.74) is 8.95. The van der Waals surface area contributed by atoms with Gasteiger partial charge in [0.2, 0.25) is 5.95 Å². The van der Waals surface area contributed by atoms with E-state index in [2.05, 4.69) is 83.6 Å². The average molecular weight is 803 g/mol. The van der Waals surface area contributed by atoms with E-state index in [1.165, 1.54) is 11.3 Å². The molecule has 4 aliphatic rings. The zero-order valence-corrected chi connectivity index (χ0v) is 34.0. The second-order valence-electron chi connectivity index (χ2n) is 15.9. The molecule has 1 unspecified atom stereocenters. The van der Waals surface area contributed by atoms with Gasteiger partial charge < -0.3 is 35.0 Å². The second kappa shape index (κ2) is 16.6. The van der Waals surface area contributed by atoms with Crippen LogP contribution in [-0.2, 0) is 12.8 Å². The van der Waals surface area contributed by atoms with Gasteiger partial charge in [-0.2, -0.15) is 9.97 Å². The van der Waals surface area contributed by atoms with E-state index in [4.69, 9.17) is 9.97 Å². The van der Waals surface area contributed by atoms with Crippen molar-refractivity contribution in [3.8, 4) is 0 Å². The molecule has 0 bridgehead atoms. The maximum atomic E-state index is 15.8. The van der Waals surface area contributed by atoms with Crippen LogP contribution in [0.1, 0.15) is 48.3 Å². The molecule has 302 valence electrons. The predicted octanol–water partition coefficient (Wildman–Crippen LogP) is 8.69. The molecule has 4 N–H and O–H groups in total. The first-order valence-corrected chi connectivity index (χ1v) is 21.7. The summed E-state index contributed by atoms with van der Waals surface area (Å²) in [6.45, 7) is 15.7. The number of nitrogens with one attached hydrogen (secondary N) is 4. The molecule has 0 radical (unpaired) electrons. The molecule has 6 heterocycles. The highest BCUT2D eigenvalue weighted by Gasteiger charge is 2.29. The number of fused-ring (bicyclic) bond motifs is 2. The van der Waals surface area contributed by atoms with Crippen molar-refractivity contribution in [2.24, 2.45) is 0 Å². The average Bonchev–Trinajstić information content (AvgIpc) is 3.89. The highest BCUT2D eigenvalue weighted by molar-refractivity contribution is 8.00. The summed E-state index contributed by atoms with van der Waals surface area (Å²) in [5.74, 6) is 0.652. The maximum absolute atomic E-state index is 15.8. The number of halogens is 2. The first-order valence-electron chi connectivity index (χ1n) is 20.5. The zero-order chi connectivity index (χ0) is 39.8. The number of piperidine rings is 2. The topological polar surface area (TPSA) is 90.6 Å². The molecular formula is C45H52F2N10S. The number of hydrogen-bond donors (Lipinski definition) is 4. The first kappa shape index (κ1) is 38.4. The van der Waals surface area contributed by atoms with Gasteiger partial charge in [-0.05, 0) is 91.6 Å². The number of benzene rings is 3. The standard InChI is InChI=1S/C45H52F2N10S/c1-29-7-10-35(30(2)49-29)36-11-8-31(27-38(36)46)14-19-54-23-25-55(26-24-54)34-16-20-56(21-17-34)41-12-9-33(28-39(41)47)50-45-52-43-37(13-18-48-43)44(53-45)51-40-6-4-5-32-15-22-57(58-3)42(32)40/h4-6,8-9,11-13,18,27-28,34-35,49H,1-2,7,10,14-17,19-26H2,3H3,(H3,48,50,51,52,53). The summed E-state index contributed by atoms with van der Waals surface area (Å²) in [4.78, 5) is 20.0. The fraction of sp³-hybridized carbons (Fsp3) is 0.378. The molecule has 0 spiro atoms. The smallest absolute Gasteiger partial charge is 0.231 e. The summed E-state index contributed by atoms with van der Waals surface area (Å²) >= 11 is 1.72. The number of anilines is 6. The Kier molecular flexibility index (Phi) is 11.0. The summed E-state index contributed by atoms with van der Waals surface area (Å²) in [6.07, 6.45) is 9.46. The van der Waals surface area contributed by atoms with Gasteiger partial charge in [0.1, 0.15) is 23.1 Å². The van der Waals surface area contributed by atoms with Gasteiger partial charge in [-0.25, -0.2) is 8.78 Å². The normalized spacial score (nSPS) is 19.5. The lowest BCUT2D eigenvalue weighted by molar-refractivity contribution is 0.0855. The molecule has 3 saturated heterocycles. The van der Waals surface area contributed by atoms with Crippen LogP contribution < -0.4 is 25.2 Å². The minimum absolute atomic E-state index is 0.0143. The van der Waals surface area contributed by atoms with Gasteiger partial charge in [-0.1, -0.05) is 49.4 Å². The van der Waals surface area contributed by atoms with Crippen molar-refractivity contribution in [3.63, 3.8) is 0 Å². The Labute approximate surface area is 343 Å². The van der Waals surface area contributed by atoms with Gasteiger partial charge in [0.05, 0.1) is 22.4 Å². The summed E-state index contributed by atoms with van der Waals surface area (Å²) < 4.78 is 33.2. The van der Waals surface area contributed by atoms with Gasteiger partial charge in [-0.3, -0.25) is 4.90 Å². The molecule has 0 saturated carbocycles. The number of nitrogens with zero attached hydrogens (tertiary/aromatic N) is 6. The number of rotatable bonds is 11. The van der Waals surface area contributed by atoms with E-state index in [0.717, 1.165) is 124 Å². The molecule has 3 aromatic carbocycles. The number of aromatic nitrogens is 3. The van der Waals surface area contributed by atoms with E-state index in [1.807, 2.05) is 30.5 Å². The number of para-hydroxylation sites is 1. The molecule has 4 aliphatic heterocycles. The van der Waals surface area contributed by atoms with Crippen molar-refractivity contribution in [2.75, 3.05) is 78.5 Å². The molecular weight excluding hydrogens is 751 g/mol. The monoisotopic (exact) mass is 802 g/mol. The van der Waals surface area contributed by atoms with E-state index in [1.54, 1.807) is 24.1 Å². The third-order valence-corrected chi connectivity index (χ3v) is 13.2.